The van der Waals surface area contributed by atoms with E-state index in [1.807, 2.05) is 5.38 Å². The average molecular weight is 468 g/mol. The van der Waals surface area contributed by atoms with Crippen LogP contribution in [0, 0.1) is 0 Å². The van der Waals surface area contributed by atoms with E-state index < -0.39 is 9.84 Å². The molecule has 0 aliphatic carbocycles. The van der Waals surface area contributed by atoms with Gasteiger partial charge in [-0.2, -0.15) is 0 Å². The van der Waals surface area contributed by atoms with Crippen LogP contribution in [0.2, 0.25) is 5.02 Å². The molecule has 1 atom stereocenters. The third kappa shape index (κ3) is 4.69. The molecule has 2 aliphatic heterocycles. The molecule has 0 bridgehead atoms. The summed E-state index contributed by atoms with van der Waals surface area (Å²) in [5, 5.41) is 5.04. The summed E-state index contributed by atoms with van der Waals surface area (Å²) in [6, 6.07) is 8.40. The number of amides is 2. The summed E-state index contributed by atoms with van der Waals surface area (Å²) in [7, 11) is -2.93. The van der Waals surface area contributed by atoms with E-state index in [9.17, 15) is 18.0 Å². The zero-order chi connectivity index (χ0) is 21.3. The number of thiophene rings is 1. The lowest BCUT2D eigenvalue weighted by molar-refractivity contribution is 0.0589. The lowest BCUT2D eigenvalue weighted by atomic mass is 10.1. The Balaban J connectivity index is 1.44. The zero-order valence-corrected chi connectivity index (χ0v) is 18.6. The number of benzene rings is 1. The van der Waals surface area contributed by atoms with Gasteiger partial charge < -0.3 is 10.2 Å². The molecule has 1 aromatic heterocycles. The minimum Gasteiger partial charge on any atom is -0.336 e. The van der Waals surface area contributed by atoms with E-state index in [-0.39, 0.29) is 29.4 Å². The van der Waals surface area contributed by atoms with Crippen LogP contribution < -0.4 is 5.32 Å². The molecule has 2 aliphatic rings. The maximum absolute atomic E-state index is 13.2. The van der Waals surface area contributed by atoms with Crippen LogP contribution in [0.3, 0.4) is 0 Å². The summed E-state index contributed by atoms with van der Waals surface area (Å²) in [6.45, 7) is 2.29. The van der Waals surface area contributed by atoms with Crippen molar-refractivity contribution in [3.8, 4) is 0 Å². The van der Waals surface area contributed by atoms with Crippen molar-refractivity contribution in [3.63, 3.8) is 0 Å². The highest BCUT2D eigenvalue weighted by Crippen LogP contribution is 2.25. The number of carbonyl (C=O) groups excluding carboxylic acids is 2. The molecule has 0 spiro atoms. The minimum atomic E-state index is -2.93. The van der Waals surface area contributed by atoms with E-state index in [1.54, 1.807) is 35.2 Å². The van der Waals surface area contributed by atoms with Crippen LogP contribution in [-0.4, -0.2) is 73.8 Å². The van der Waals surface area contributed by atoms with E-state index in [4.69, 9.17) is 11.6 Å². The van der Waals surface area contributed by atoms with Crippen molar-refractivity contribution < 1.29 is 18.0 Å². The standard InChI is InChI=1S/C20H22ClN3O4S2/c21-14-3-4-16(17(12-14)22-19(25)18-2-1-10-29-18)20(26)24-8-6-23(7-9-24)15-5-11-30(27,28)13-15/h1-4,10,12,15H,5-9,11,13H2,(H,22,25)/t15-/m1/s1. The number of nitrogens with zero attached hydrogens (tertiary/aromatic N) is 2. The molecule has 4 rings (SSSR count). The van der Waals surface area contributed by atoms with Gasteiger partial charge >= 0.3 is 0 Å². The largest absolute Gasteiger partial charge is 0.336 e. The normalized spacial score (nSPS) is 21.5. The summed E-state index contributed by atoms with van der Waals surface area (Å²) in [5.41, 5.74) is 0.774. The molecule has 160 valence electrons. The first-order chi connectivity index (χ1) is 14.3. The number of sulfone groups is 1. The molecule has 1 aromatic carbocycles. The molecule has 2 saturated heterocycles. The van der Waals surface area contributed by atoms with Crippen molar-refractivity contribution in [2.45, 2.75) is 12.5 Å². The number of rotatable bonds is 4. The van der Waals surface area contributed by atoms with Gasteiger partial charge in [-0.15, -0.1) is 11.3 Å². The number of hydrogen-bond donors (Lipinski definition) is 1. The molecule has 1 N–H and O–H groups in total. The quantitative estimate of drug-likeness (QED) is 0.746. The second-order valence-electron chi connectivity index (χ2n) is 7.51. The number of halogens is 1. The van der Waals surface area contributed by atoms with Gasteiger partial charge in [0.2, 0.25) is 0 Å². The van der Waals surface area contributed by atoms with Crippen molar-refractivity contribution >= 4 is 50.3 Å². The minimum absolute atomic E-state index is 0.0448. The Bertz CT molecular complexity index is 1050. The first-order valence-corrected chi connectivity index (χ1v) is 12.8. The first kappa shape index (κ1) is 21.3. The van der Waals surface area contributed by atoms with E-state index in [1.165, 1.54) is 11.3 Å². The monoisotopic (exact) mass is 467 g/mol. The molecule has 0 radical (unpaired) electrons. The molecule has 10 heteroatoms. The van der Waals surface area contributed by atoms with Gasteiger partial charge in [-0.1, -0.05) is 17.7 Å². The van der Waals surface area contributed by atoms with Crippen LogP contribution in [0.5, 0.6) is 0 Å². The maximum Gasteiger partial charge on any atom is 0.265 e. The van der Waals surface area contributed by atoms with Crippen LogP contribution in [0.15, 0.2) is 35.7 Å². The first-order valence-electron chi connectivity index (χ1n) is 9.70. The van der Waals surface area contributed by atoms with Gasteiger partial charge in [-0.3, -0.25) is 14.5 Å². The van der Waals surface area contributed by atoms with Gasteiger partial charge in [0, 0.05) is 37.2 Å². The molecule has 3 heterocycles. The van der Waals surface area contributed by atoms with Crippen LogP contribution in [0.25, 0.3) is 0 Å². The summed E-state index contributed by atoms with van der Waals surface area (Å²) >= 11 is 7.42. The van der Waals surface area contributed by atoms with Crippen molar-refractivity contribution in [3.05, 3.63) is 51.2 Å². The number of anilines is 1. The predicted octanol–water partition coefficient (Wildman–Crippen LogP) is 2.60. The zero-order valence-electron chi connectivity index (χ0n) is 16.2. The summed E-state index contributed by atoms with van der Waals surface area (Å²) in [6.07, 6.45) is 0.659. The molecular formula is C20H22ClN3O4S2. The highest BCUT2D eigenvalue weighted by atomic mass is 35.5. The van der Waals surface area contributed by atoms with Gasteiger partial charge in [-0.25, -0.2) is 8.42 Å². The number of piperazine rings is 1. The van der Waals surface area contributed by atoms with Crippen molar-refractivity contribution in [1.82, 2.24) is 9.80 Å². The third-order valence-corrected chi connectivity index (χ3v) is 8.39. The Morgan fingerprint density at radius 2 is 1.90 bits per heavy atom. The average Bonchev–Trinajstić information content (AvgIpc) is 3.37. The fraction of sp³-hybridized carbons (Fsp3) is 0.400. The predicted molar refractivity (Wildman–Crippen MR) is 118 cm³/mol. The van der Waals surface area contributed by atoms with Crippen LogP contribution >= 0.6 is 22.9 Å². The van der Waals surface area contributed by atoms with Crippen molar-refractivity contribution in [1.29, 1.82) is 0 Å². The topological polar surface area (TPSA) is 86.8 Å². The number of carbonyl (C=O) groups is 2. The van der Waals surface area contributed by atoms with Crippen LogP contribution in [0.1, 0.15) is 26.5 Å². The fourth-order valence-corrected chi connectivity index (χ4v) is 6.47. The highest BCUT2D eigenvalue weighted by Gasteiger charge is 2.34. The van der Waals surface area contributed by atoms with Gasteiger partial charge in [-0.05, 0) is 36.1 Å². The Morgan fingerprint density at radius 1 is 1.13 bits per heavy atom. The van der Waals surface area contributed by atoms with E-state index in [2.05, 4.69) is 10.2 Å². The Labute approximate surface area is 184 Å². The Hall–Kier alpha value is -1.94. The van der Waals surface area contributed by atoms with E-state index >= 15 is 0 Å². The smallest absolute Gasteiger partial charge is 0.265 e. The summed E-state index contributed by atoms with van der Waals surface area (Å²) in [4.78, 5) is 30.1. The van der Waals surface area contributed by atoms with E-state index in [0.29, 0.717) is 53.8 Å². The van der Waals surface area contributed by atoms with Gasteiger partial charge in [0.05, 0.1) is 27.6 Å². The van der Waals surface area contributed by atoms with Crippen molar-refractivity contribution in [2.75, 3.05) is 43.0 Å². The Morgan fingerprint density at radius 3 is 2.53 bits per heavy atom. The SMILES string of the molecule is O=C(Nc1cc(Cl)ccc1C(=O)N1CCN([C@@H]2CCS(=O)(=O)C2)CC1)c1cccs1. The van der Waals surface area contributed by atoms with Gasteiger partial charge in [0.25, 0.3) is 11.8 Å². The molecule has 30 heavy (non-hydrogen) atoms. The van der Waals surface area contributed by atoms with Gasteiger partial charge in [0.15, 0.2) is 9.84 Å². The molecule has 2 aromatic rings. The highest BCUT2D eigenvalue weighted by molar-refractivity contribution is 7.91. The van der Waals surface area contributed by atoms with Crippen molar-refractivity contribution in [2.24, 2.45) is 0 Å². The fourth-order valence-electron chi connectivity index (χ4n) is 3.92. The maximum atomic E-state index is 13.2. The number of nitrogens with one attached hydrogen (secondary N) is 1. The number of hydrogen-bond acceptors (Lipinski definition) is 6. The van der Waals surface area contributed by atoms with Crippen LogP contribution in [-0.2, 0) is 9.84 Å². The van der Waals surface area contributed by atoms with Gasteiger partial charge in [0.1, 0.15) is 0 Å². The van der Waals surface area contributed by atoms with E-state index in [0.717, 1.165) is 0 Å². The molecule has 0 saturated carbocycles. The second kappa shape index (κ2) is 8.66. The van der Waals surface area contributed by atoms with Crippen LogP contribution in [0.4, 0.5) is 5.69 Å². The molecular weight excluding hydrogens is 446 g/mol. The second-order valence-corrected chi connectivity index (χ2v) is 11.1. The summed E-state index contributed by atoms with van der Waals surface area (Å²) < 4.78 is 23.5. The lowest BCUT2D eigenvalue weighted by Gasteiger charge is -2.37. The molecule has 7 nitrogen and oxygen atoms in total. The third-order valence-electron chi connectivity index (χ3n) is 5.53. The molecule has 0 unspecified atom stereocenters. The molecule has 2 fully saturated rings. The summed E-state index contributed by atoms with van der Waals surface area (Å²) in [5.74, 6) is -0.00763. The molecule has 2 amide bonds. The lowest BCUT2D eigenvalue weighted by Crippen LogP contribution is -2.52. The Kier molecular flexibility index (Phi) is 6.15.